The second-order valence-electron chi connectivity index (χ2n) is 3.93. The number of nitrogens with one attached hydrogen (secondary N) is 1. The van der Waals surface area contributed by atoms with E-state index < -0.39 is 17.6 Å². The average Bonchev–Trinajstić information content (AvgIpc) is 2.40. The summed E-state index contributed by atoms with van der Waals surface area (Å²) in [6.45, 7) is 0. The van der Waals surface area contributed by atoms with Crippen molar-refractivity contribution in [1.82, 2.24) is 0 Å². The van der Waals surface area contributed by atoms with E-state index in [1.165, 1.54) is 30.5 Å². The summed E-state index contributed by atoms with van der Waals surface area (Å²) in [6, 6.07) is 1.52. The molecule has 1 aromatic rings. The fraction of sp³-hybridized carbons (Fsp3) is 0.154. The summed E-state index contributed by atoms with van der Waals surface area (Å²) in [7, 11) is 1.64. The molecule has 0 aliphatic carbocycles. The summed E-state index contributed by atoms with van der Waals surface area (Å²) in [5, 5.41) is 12.9. The van der Waals surface area contributed by atoms with Gasteiger partial charge in [0.2, 0.25) is 0 Å². The molecular weight excluding hydrogens is 268 g/mol. The molecule has 1 aromatic carbocycles. The lowest BCUT2D eigenvalue weighted by Crippen LogP contribution is -2.29. The van der Waals surface area contributed by atoms with Crippen LogP contribution in [-0.2, 0) is 4.79 Å². The molecule has 0 bridgehead atoms. The van der Waals surface area contributed by atoms with Crippen LogP contribution in [0.3, 0.4) is 0 Å². The lowest BCUT2D eigenvalue weighted by molar-refractivity contribution is -0.114. The molecule has 0 aromatic heterocycles. The SMILES string of the molecule is CNc1cc(O)c(C(=O)C2N=CC=CC2=O)cc1Cl. The number of phenols is 1. The number of carbonyl (C=O) groups is 2. The summed E-state index contributed by atoms with van der Waals surface area (Å²) >= 11 is 5.96. The maximum atomic E-state index is 12.2. The van der Waals surface area contributed by atoms with Crippen molar-refractivity contribution in [2.75, 3.05) is 12.4 Å². The summed E-state index contributed by atoms with van der Waals surface area (Å²) in [5.74, 6) is -1.23. The number of carbonyl (C=O) groups excluding carboxylic acids is 2. The molecule has 0 radical (unpaired) electrons. The van der Waals surface area contributed by atoms with Gasteiger partial charge in [0.15, 0.2) is 17.6 Å². The zero-order valence-electron chi connectivity index (χ0n) is 10.1. The fourth-order valence-corrected chi connectivity index (χ4v) is 1.99. The van der Waals surface area contributed by atoms with E-state index in [0.717, 1.165) is 0 Å². The lowest BCUT2D eigenvalue weighted by Gasteiger charge is -2.13. The van der Waals surface area contributed by atoms with Gasteiger partial charge >= 0.3 is 0 Å². The molecule has 1 atom stereocenters. The van der Waals surface area contributed by atoms with Gasteiger partial charge in [0.25, 0.3) is 0 Å². The summed E-state index contributed by atoms with van der Waals surface area (Å²) in [6.07, 6.45) is 4.11. The summed E-state index contributed by atoms with van der Waals surface area (Å²) in [4.78, 5) is 27.6. The van der Waals surface area contributed by atoms with Crippen LogP contribution < -0.4 is 5.32 Å². The molecular formula is C13H11ClN2O3. The molecule has 2 N–H and O–H groups in total. The van der Waals surface area contributed by atoms with E-state index in [4.69, 9.17) is 11.6 Å². The number of phenolic OH excluding ortho intramolecular Hbond substituents is 1. The third kappa shape index (κ3) is 2.51. The molecule has 19 heavy (non-hydrogen) atoms. The largest absolute Gasteiger partial charge is 0.507 e. The Kier molecular flexibility index (Phi) is 3.66. The monoisotopic (exact) mass is 278 g/mol. The molecule has 1 aliphatic rings. The maximum absolute atomic E-state index is 12.2. The number of hydrogen-bond acceptors (Lipinski definition) is 5. The highest BCUT2D eigenvalue weighted by atomic mass is 35.5. The molecule has 0 amide bonds. The van der Waals surface area contributed by atoms with Crippen molar-refractivity contribution in [2.45, 2.75) is 6.04 Å². The first-order valence-corrected chi connectivity index (χ1v) is 5.90. The number of dihydropyridines is 1. The zero-order chi connectivity index (χ0) is 14.0. The fourth-order valence-electron chi connectivity index (χ4n) is 1.73. The molecule has 0 saturated heterocycles. The smallest absolute Gasteiger partial charge is 0.199 e. The van der Waals surface area contributed by atoms with Gasteiger partial charge in [-0.3, -0.25) is 14.6 Å². The third-order valence-corrected chi connectivity index (χ3v) is 3.03. The van der Waals surface area contributed by atoms with Crippen molar-refractivity contribution in [1.29, 1.82) is 0 Å². The van der Waals surface area contributed by atoms with Gasteiger partial charge in [-0.25, -0.2) is 0 Å². The molecule has 1 unspecified atom stereocenters. The Morgan fingerprint density at radius 2 is 2.21 bits per heavy atom. The molecule has 6 heteroatoms. The minimum atomic E-state index is -1.15. The third-order valence-electron chi connectivity index (χ3n) is 2.72. The number of anilines is 1. The minimum Gasteiger partial charge on any atom is -0.507 e. The van der Waals surface area contributed by atoms with Crippen LogP contribution in [0.4, 0.5) is 5.69 Å². The first-order valence-electron chi connectivity index (χ1n) is 5.52. The van der Waals surface area contributed by atoms with Crippen LogP contribution in [0.15, 0.2) is 29.3 Å². The predicted molar refractivity (Wildman–Crippen MR) is 73.4 cm³/mol. The van der Waals surface area contributed by atoms with Crippen LogP contribution in [0.2, 0.25) is 5.02 Å². The van der Waals surface area contributed by atoms with Gasteiger partial charge in [-0.1, -0.05) is 11.6 Å². The molecule has 1 aliphatic heterocycles. The van der Waals surface area contributed by atoms with Crippen LogP contribution in [0.5, 0.6) is 5.75 Å². The van der Waals surface area contributed by atoms with Crippen molar-refractivity contribution < 1.29 is 14.7 Å². The Hall–Kier alpha value is -2.14. The van der Waals surface area contributed by atoms with Crippen LogP contribution in [0.25, 0.3) is 0 Å². The molecule has 2 rings (SSSR count). The van der Waals surface area contributed by atoms with Crippen LogP contribution in [0, 0.1) is 0 Å². The van der Waals surface area contributed by atoms with Crippen LogP contribution in [-0.4, -0.2) is 36.0 Å². The average molecular weight is 279 g/mol. The highest BCUT2D eigenvalue weighted by Crippen LogP contribution is 2.31. The van der Waals surface area contributed by atoms with Crippen molar-refractivity contribution in [3.05, 3.63) is 34.9 Å². The Bertz CT molecular complexity index is 608. The number of hydrogen-bond donors (Lipinski definition) is 2. The number of benzene rings is 1. The normalized spacial score (nSPS) is 17.6. The molecule has 5 nitrogen and oxygen atoms in total. The first kappa shape index (κ1) is 13.3. The van der Waals surface area contributed by atoms with Crippen molar-refractivity contribution in [3.63, 3.8) is 0 Å². The second kappa shape index (κ2) is 5.24. The highest BCUT2D eigenvalue weighted by Gasteiger charge is 2.28. The van der Waals surface area contributed by atoms with E-state index in [1.807, 2.05) is 0 Å². The molecule has 0 spiro atoms. The minimum absolute atomic E-state index is 0.0187. The van der Waals surface area contributed by atoms with E-state index in [1.54, 1.807) is 7.05 Å². The Labute approximate surface area is 114 Å². The summed E-state index contributed by atoms with van der Waals surface area (Å²) < 4.78 is 0. The standard InChI is InChI=1S/C13H11ClN2O3/c1-15-9-6-11(18)7(5-8(9)14)13(19)12-10(17)3-2-4-16-12/h2-6,12,15,18H,1H3. The van der Waals surface area contributed by atoms with E-state index in [-0.39, 0.29) is 16.3 Å². The number of allylic oxidation sites excluding steroid dienone is 1. The summed E-state index contributed by atoms with van der Waals surface area (Å²) in [5.41, 5.74) is 0.476. The number of Topliss-reactive ketones (excluding diaryl/α,β-unsaturated/α-hetero) is 1. The van der Waals surface area contributed by atoms with E-state index in [2.05, 4.69) is 10.3 Å². The van der Waals surface area contributed by atoms with Crippen molar-refractivity contribution in [3.8, 4) is 5.75 Å². The number of nitrogens with zero attached hydrogens (tertiary/aromatic N) is 1. The predicted octanol–water partition coefficient (Wildman–Crippen LogP) is 1.85. The van der Waals surface area contributed by atoms with Gasteiger partial charge in [-0.05, 0) is 18.2 Å². The zero-order valence-corrected chi connectivity index (χ0v) is 10.8. The number of halogens is 1. The van der Waals surface area contributed by atoms with Crippen molar-refractivity contribution >= 4 is 35.1 Å². The molecule has 98 valence electrons. The van der Waals surface area contributed by atoms with Gasteiger partial charge in [0.05, 0.1) is 16.3 Å². The van der Waals surface area contributed by atoms with Gasteiger partial charge < -0.3 is 10.4 Å². The van der Waals surface area contributed by atoms with Gasteiger partial charge in [-0.2, -0.15) is 0 Å². The number of aliphatic imine (C=N–C) groups is 1. The molecule has 0 saturated carbocycles. The lowest BCUT2D eigenvalue weighted by atomic mass is 9.98. The van der Waals surface area contributed by atoms with E-state index in [0.29, 0.717) is 5.69 Å². The highest BCUT2D eigenvalue weighted by molar-refractivity contribution is 6.34. The molecule has 1 heterocycles. The quantitative estimate of drug-likeness (QED) is 0.653. The second-order valence-corrected chi connectivity index (χ2v) is 4.33. The van der Waals surface area contributed by atoms with E-state index in [9.17, 15) is 14.7 Å². The number of rotatable bonds is 3. The maximum Gasteiger partial charge on any atom is 0.199 e. The van der Waals surface area contributed by atoms with Crippen molar-refractivity contribution in [2.24, 2.45) is 4.99 Å². The van der Waals surface area contributed by atoms with E-state index >= 15 is 0 Å². The Morgan fingerprint density at radius 3 is 2.84 bits per heavy atom. The Morgan fingerprint density at radius 1 is 1.47 bits per heavy atom. The molecule has 0 fully saturated rings. The van der Waals surface area contributed by atoms with Crippen LogP contribution in [0.1, 0.15) is 10.4 Å². The number of ketones is 2. The van der Waals surface area contributed by atoms with Gasteiger partial charge in [-0.15, -0.1) is 0 Å². The van der Waals surface area contributed by atoms with Gasteiger partial charge in [0.1, 0.15) is 5.75 Å². The number of aromatic hydroxyl groups is 1. The van der Waals surface area contributed by atoms with Crippen LogP contribution >= 0.6 is 11.6 Å². The van der Waals surface area contributed by atoms with Gasteiger partial charge in [0, 0.05) is 19.3 Å². The topological polar surface area (TPSA) is 78.8 Å². The first-order chi connectivity index (χ1) is 9.04. The Balaban J connectivity index is 2.39.